The van der Waals surface area contributed by atoms with Crippen LogP contribution in [0.3, 0.4) is 0 Å². The van der Waals surface area contributed by atoms with Gasteiger partial charge in [-0.15, -0.1) is 0 Å². The smallest absolute Gasteiger partial charge is 0.119 e. The predicted molar refractivity (Wildman–Crippen MR) is 113 cm³/mol. The van der Waals surface area contributed by atoms with E-state index in [4.69, 9.17) is 4.74 Å². The predicted octanol–water partition coefficient (Wildman–Crippen LogP) is 7.87. The van der Waals surface area contributed by atoms with Crippen LogP contribution in [0, 0.1) is 5.92 Å². The summed E-state index contributed by atoms with van der Waals surface area (Å²) in [5, 5.41) is 2.66. The Hall–Kier alpha value is -1.50. The summed E-state index contributed by atoms with van der Waals surface area (Å²) >= 11 is 0. The quantitative estimate of drug-likeness (QED) is 0.417. The van der Waals surface area contributed by atoms with E-state index in [9.17, 15) is 0 Å². The Morgan fingerprint density at radius 3 is 2.31 bits per heavy atom. The van der Waals surface area contributed by atoms with Gasteiger partial charge in [-0.05, 0) is 59.6 Å². The monoisotopic (exact) mass is 352 g/mol. The SMILES string of the molecule is CCCCCCCCOc1ccc2cc([C@H]3CC[C@H](C)CC3)ccc2c1. The van der Waals surface area contributed by atoms with Crippen LogP contribution in [0.25, 0.3) is 10.8 Å². The van der Waals surface area contributed by atoms with Gasteiger partial charge in [-0.25, -0.2) is 0 Å². The summed E-state index contributed by atoms with van der Waals surface area (Å²) in [5.74, 6) is 2.70. The maximum atomic E-state index is 5.98. The van der Waals surface area contributed by atoms with Gasteiger partial charge in [0.25, 0.3) is 0 Å². The van der Waals surface area contributed by atoms with Crippen molar-refractivity contribution in [2.75, 3.05) is 6.61 Å². The van der Waals surface area contributed by atoms with Gasteiger partial charge in [0.05, 0.1) is 6.61 Å². The molecule has 0 heterocycles. The molecule has 142 valence electrons. The van der Waals surface area contributed by atoms with Crippen LogP contribution < -0.4 is 4.74 Å². The molecule has 0 unspecified atom stereocenters. The molecule has 0 atom stereocenters. The average molecular weight is 353 g/mol. The molecular weight excluding hydrogens is 316 g/mol. The molecule has 0 amide bonds. The Balaban J connectivity index is 1.52. The van der Waals surface area contributed by atoms with Crippen LogP contribution in [-0.4, -0.2) is 6.61 Å². The van der Waals surface area contributed by atoms with Crippen molar-refractivity contribution in [3.63, 3.8) is 0 Å². The lowest BCUT2D eigenvalue weighted by atomic mass is 9.79. The van der Waals surface area contributed by atoms with Crippen LogP contribution in [0.1, 0.15) is 89.5 Å². The zero-order valence-electron chi connectivity index (χ0n) is 16.8. The molecule has 1 fully saturated rings. The third-order valence-corrected chi connectivity index (χ3v) is 6.09. The second-order valence-electron chi connectivity index (χ2n) is 8.34. The van der Waals surface area contributed by atoms with Gasteiger partial charge in [-0.1, -0.05) is 83.1 Å². The number of fused-ring (bicyclic) bond motifs is 1. The summed E-state index contributed by atoms with van der Waals surface area (Å²) < 4.78 is 5.98. The van der Waals surface area contributed by atoms with Crippen LogP contribution in [-0.2, 0) is 0 Å². The number of hydrogen-bond acceptors (Lipinski definition) is 1. The lowest BCUT2D eigenvalue weighted by Crippen LogP contribution is -2.10. The van der Waals surface area contributed by atoms with E-state index < -0.39 is 0 Å². The van der Waals surface area contributed by atoms with Crippen molar-refractivity contribution < 1.29 is 4.74 Å². The van der Waals surface area contributed by atoms with Gasteiger partial charge >= 0.3 is 0 Å². The van der Waals surface area contributed by atoms with Gasteiger partial charge in [0.15, 0.2) is 0 Å². The molecule has 0 N–H and O–H groups in total. The molecular formula is C25H36O. The Morgan fingerprint density at radius 1 is 0.808 bits per heavy atom. The molecule has 0 aromatic heterocycles. The first-order valence-corrected chi connectivity index (χ1v) is 10.9. The molecule has 1 nitrogen and oxygen atoms in total. The molecule has 2 aromatic carbocycles. The fourth-order valence-corrected chi connectivity index (χ4v) is 4.25. The van der Waals surface area contributed by atoms with E-state index in [0.717, 1.165) is 24.2 Å². The fourth-order valence-electron chi connectivity index (χ4n) is 4.25. The number of benzene rings is 2. The first-order chi connectivity index (χ1) is 12.8. The third kappa shape index (κ3) is 5.50. The van der Waals surface area contributed by atoms with Gasteiger partial charge in [0.2, 0.25) is 0 Å². The van der Waals surface area contributed by atoms with Gasteiger partial charge in [-0.3, -0.25) is 0 Å². The number of unbranched alkanes of at least 4 members (excludes halogenated alkanes) is 5. The van der Waals surface area contributed by atoms with E-state index in [1.165, 1.54) is 80.5 Å². The highest BCUT2D eigenvalue weighted by Gasteiger charge is 2.19. The molecule has 0 saturated heterocycles. The minimum absolute atomic E-state index is 0.763. The standard InChI is InChI=1S/C25H36O/c1-3-4-5-6-7-8-17-26-25-16-15-23-18-22(13-14-24(23)19-25)21-11-9-20(2)10-12-21/h13-16,18-21H,3-12,17H2,1-2H3/t20-,21-. The first-order valence-electron chi connectivity index (χ1n) is 10.9. The molecule has 1 saturated carbocycles. The van der Waals surface area contributed by atoms with Crippen molar-refractivity contribution in [3.05, 3.63) is 42.0 Å². The normalized spacial score (nSPS) is 20.4. The van der Waals surface area contributed by atoms with Gasteiger partial charge in [0, 0.05) is 0 Å². The lowest BCUT2D eigenvalue weighted by Gasteiger charge is -2.26. The van der Waals surface area contributed by atoms with Crippen LogP contribution in [0.2, 0.25) is 0 Å². The van der Waals surface area contributed by atoms with Crippen molar-refractivity contribution in [1.29, 1.82) is 0 Å². The summed E-state index contributed by atoms with van der Waals surface area (Å²) in [7, 11) is 0. The maximum Gasteiger partial charge on any atom is 0.119 e. The molecule has 1 aliphatic carbocycles. The third-order valence-electron chi connectivity index (χ3n) is 6.09. The summed E-state index contributed by atoms with van der Waals surface area (Å²) in [6.45, 7) is 5.50. The van der Waals surface area contributed by atoms with Crippen molar-refractivity contribution in [2.24, 2.45) is 5.92 Å². The van der Waals surface area contributed by atoms with E-state index in [2.05, 4.69) is 50.2 Å². The molecule has 0 spiro atoms. The summed E-state index contributed by atoms with van der Waals surface area (Å²) in [4.78, 5) is 0. The topological polar surface area (TPSA) is 9.23 Å². The van der Waals surface area contributed by atoms with Crippen LogP contribution >= 0.6 is 0 Å². The second kappa shape index (κ2) is 10.00. The van der Waals surface area contributed by atoms with E-state index >= 15 is 0 Å². The molecule has 1 heteroatoms. The highest BCUT2D eigenvalue weighted by molar-refractivity contribution is 5.84. The largest absolute Gasteiger partial charge is 0.494 e. The second-order valence-corrected chi connectivity index (χ2v) is 8.34. The summed E-state index contributed by atoms with van der Waals surface area (Å²) in [6, 6.07) is 13.6. The minimum atomic E-state index is 0.763. The van der Waals surface area contributed by atoms with Gasteiger partial charge in [-0.2, -0.15) is 0 Å². The van der Waals surface area contributed by atoms with E-state index in [0.29, 0.717) is 0 Å². The molecule has 0 aliphatic heterocycles. The van der Waals surface area contributed by atoms with Crippen LogP contribution in [0.15, 0.2) is 36.4 Å². The summed E-state index contributed by atoms with van der Waals surface area (Å²) in [5.41, 5.74) is 1.53. The highest BCUT2D eigenvalue weighted by Crippen LogP contribution is 2.36. The Bertz CT molecular complexity index is 667. The molecule has 0 bridgehead atoms. The minimum Gasteiger partial charge on any atom is -0.494 e. The van der Waals surface area contributed by atoms with Crippen molar-refractivity contribution in [1.82, 2.24) is 0 Å². The Morgan fingerprint density at radius 2 is 1.50 bits per heavy atom. The highest BCUT2D eigenvalue weighted by atomic mass is 16.5. The van der Waals surface area contributed by atoms with Crippen molar-refractivity contribution in [2.45, 2.75) is 84.0 Å². The molecule has 1 aliphatic rings. The first kappa shape index (κ1) is 19.3. The maximum absolute atomic E-state index is 5.98. The molecule has 3 rings (SSSR count). The molecule has 26 heavy (non-hydrogen) atoms. The zero-order chi connectivity index (χ0) is 18.2. The van der Waals surface area contributed by atoms with E-state index in [1.54, 1.807) is 0 Å². The van der Waals surface area contributed by atoms with Crippen molar-refractivity contribution in [3.8, 4) is 5.75 Å². The molecule has 2 aromatic rings. The number of hydrogen-bond donors (Lipinski definition) is 0. The van der Waals surface area contributed by atoms with Gasteiger partial charge in [0.1, 0.15) is 5.75 Å². The lowest BCUT2D eigenvalue weighted by molar-refractivity contribution is 0.305. The van der Waals surface area contributed by atoms with E-state index in [-0.39, 0.29) is 0 Å². The van der Waals surface area contributed by atoms with Gasteiger partial charge < -0.3 is 4.74 Å². The molecule has 0 radical (unpaired) electrons. The van der Waals surface area contributed by atoms with E-state index in [1.807, 2.05) is 0 Å². The Kier molecular flexibility index (Phi) is 7.41. The van der Waals surface area contributed by atoms with Crippen LogP contribution in [0.5, 0.6) is 5.75 Å². The van der Waals surface area contributed by atoms with Crippen molar-refractivity contribution >= 4 is 10.8 Å². The number of ether oxygens (including phenoxy) is 1. The fraction of sp³-hybridized carbons (Fsp3) is 0.600. The number of rotatable bonds is 9. The zero-order valence-corrected chi connectivity index (χ0v) is 16.8. The Labute approximate surface area is 160 Å². The average Bonchev–Trinajstić information content (AvgIpc) is 2.67. The summed E-state index contributed by atoms with van der Waals surface area (Å²) in [6.07, 6.45) is 13.3. The van der Waals surface area contributed by atoms with Crippen LogP contribution in [0.4, 0.5) is 0 Å².